The zero-order valence-electron chi connectivity index (χ0n) is 14.6. The molecule has 0 saturated heterocycles. The second-order valence-electron chi connectivity index (χ2n) is 5.66. The number of sulfonamides is 1. The number of rotatable bonds is 5. The smallest absolute Gasteiger partial charge is 0.358 e. The molecular weight excluding hydrogens is 340 g/mol. The highest BCUT2D eigenvalue weighted by Crippen LogP contribution is 2.17. The van der Waals surface area contributed by atoms with Crippen LogP contribution in [0, 0.1) is 6.92 Å². The number of esters is 1. The number of carbonyl (C=O) groups excluding carboxylic acids is 1. The first-order valence-corrected chi connectivity index (χ1v) is 8.96. The average Bonchev–Trinajstić information content (AvgIpc) is 2.59. The molecule has 2 aromatic carbocycles. The van der Waals surface area contributed by atoms with Crippen LogP contribution in [0.2, 0.25) is 0 Å². The van der Waals surface area contributed by atoms with Gasteiger partial charge in [0.1, 0.15) is 0 Å². The van der Waals surface area contributed by atoms with Crippen LogP contribution in [0.15, 0.2) is 57.8 Å². The normalized spacial score (nSPS) is 11.9. The van der Waals surface area contributed by atoms with Crippen molar-refractivity contribution >= 4 is 27.4 Å². The standard InChI is InChI=1S/C18H20N2O4S/c1-13-5-11-16(12-6-13)25(22,23)19-17(18(21)24-4)14-7-9-15(10-8-14)20(2)3/h5-12H,1-4H3/b19-17+. The molecule has 0 aliphatic carbocycles. The van der Waals surface area contributed by atoms with Gasteiger partial charge in [-0.3, -0.25) is 0 Å². The highest BCUT2D eigenvalue weighted by atomic mass is 32.2. The van der Waals surface area contributed by atoms with Gasteiger partial charge in [-0.2, -0.15) is 12.8 Å². The molecule has 132 valence electrons. The lowest BCUT2D eigenvalue weighted by atomic mass is 10.1. The highest BCUT2D eigenvalue weighted by molar-refractivity contribution is 7.90. The molecule has 0 aliphatic heterocycles. The van der Waals surface area contributed by atoms with Gasteiger partial charge in [0.05, 0.1) is 12.0 Å². The van der Waals surface area contributed by atoms with Gasteiger partial charge < -0.3 is 9.64 Å². The maximum Gasteiger partial charge on any atom is 0.358 e. The molecule has 0 aliphatic rings. The van der Waals surface area contributed by atoms with Gasteiger partial charge in [-0.1, -0.05) is 29.8 Å². The van der Waals surface area contributed by atoms with E-state index in [-0.39, 0.29) is 10.6 Å². The van der Waals surface area contributed by atoms with Crippen molar-refractivity contribution in [1.82, 2.24) is 0 Å². The third-order valence-electron chi connectivity index (χ3n) is 3.57. The lowest BCUT2D eigenvalue weighted by Gasteiger charge is -2.13. The van der Waals surface area contributed by atoms with E-state index < -0.39 is 16.0 Å². The summed E-state index contributed by atoms with van der Waals surface area (Å²) in [5, 5.41) is 0. The van der Waals surface area contributed by atoms with Crippen LogP contribution in [0.25, 0.3) is 0 Å². The number of carbonyl (C=O) groups is 1. The van der Waals surface area contributed by atoms with Crippen molar-refractivity contribution < 1.29 is 17.9 Å². The number of benzene rings is 2. The van der Waals surface area contributed by atoms with Crippen molar-refractivity contribution in [2.75, 3.05) is 26.1 Å². The van der Waals surface area contributed by atoms with Gasteiger partial charge in [0.2, 0.25) is 0 Å². The summed E-state index contributed by atoms with van der Waals surface area (Å²) in [6, 6.07) is 13.1. The first-order valence-electron chi connectivity index (χ1n) is 7.52. The summed E-state index contributed by atoms with van der Waals surface area (Å²) >= 11 is 0. The van der Waals surface area contributed by atoms with E-state index in [1.165, 1.54) is 19.2 Å². The molecule has 0 amide bonds. The van der Waals surface area contributed by atoms with Crippen molar-refractivity contribution in [3.8, 4) is 0 Å². The Hall–Kier alpha value is -2.67. The molecule has 0 bridgehead atoms. The second kappa shape index (κ2) is 7.48. The first-order chi connectivity index (χ1) is 11.7. The number of ether oxygens (including phenoxy) is 1. The lowest BCUT2D eigenvalue weighted by Crippen LogP contribution is -2.19. The molecule has 0 heterocycles. The van der Waals surface area contributed by atoms with E-state index in [2.05, 4.69) is 4.40 Å². The average molecular weight is 360 g/mol. The van der Waals surface area contributed by atoms with Gasteiger partial charge in [0.15, 0.2) is 5.71 Å². The molecule has 0 fully saturated rings. The summed E-state index contributed by atoms with van der Waals surface area (Å²) in [6.07, 6.45) is 0. The molecule has 0 atom stereocenters. The van der Waals surface area contributed by atoms with E-state index in [0.29, 0.717) is 5.56 Å². The van der Waals surface area contributed by atoms with Gasteiger partial charge in [-0.05, 0) is 31.2 Å². The minimum absolute atomic E-state index is 0.0180. The fourth-order valence-electron chi connectivity index (χ4n) is 2.11. The van der Waals surface area contributed by atoms with Gasteiger partial charge in [0.25, 0.3) is 10.0 Å². The summed E-state index contributed by atoms with van der Waals surface area (Å²) in [7, 11) is 0.918. The summed E-state index contributed by atoms with van der Waals surface area (Å²) in [5.74, 6) is -0.812. The Balaban J connectivity index is 2.51. The molecule has 7 heteroatoms. The van der Waals surface area contributed by atoms with E-state index in [9.17, 15) is 13.2 Å². The SMILES string of the molecule is COC(=O)/C(=N/S(=O)(=O)c1ccc(C)cc1)c1ccc(N(C)C)cc1. The third-order valence-corrected chi connectivity index (χ3v) is 4.86. The molecule has 0 radical (unpaired) electrons. The number of hydrogen-bond acceptors (Lipinski definition) is 5. The fraction of sp³-hybridized carbons (Fsp3) is 0.222. The Morgan fingerprint density at radius 3 is 2.04 bits per heavy atom. The van der Waals surface area contributed by atoms with E-state index in [4.69, 9.17) is 4.74 Å². The van der Waals surface area contributed by atoms with Crippen LogP contribution in [0.5, 0.6) is 0 Å². The summed E-state index contributed by atoms with van der Waals surface area (Å²) < 4.78 is 33.5. The largest absolute Gasteiger partial charge is 0.464 e. The van der Waals surface area contributed by atoms with Gasteiger partial charge >= 0.3 is 5.97 Å². The molecule has 0 unspecified atom stereocenters. The number of aryl methyl sites for hydroxylation is 1. The summed E-state index contributed by atoms with van der Waals surface area (Å²) in [4.78, 5) is 14.0. The molecule has 0 spiro atoms. The molecule has 25 heavy (non-hydrogen) atoms. The summed E-state index contributed by atoms with van der Waals surface area (Å²) in [5.41, 5.74) is 1.95. The Labute approximate surface area is 147 Å². The van der Waals surface area contributed by atoms with Crippen molar-refractivity contribution in [3.63, 3.8) is 0 Å². The number of nitrogens with zero attached hydrogens (tertiary/aromatic N) is 2. The molecule has 0 aromatic heterocycles. The maximum atomic E-state index is 12.5. The molecule has 0 N–H and O–H groups in total. The number of anilines is 1. The molecule has 0 saturated carbocycles. The predicted octanol–water partition coefficient (Wildman–Crippen LogP) is 2.41. The van der Waals surface area contributed by atoms with Crippen LogP contribution in [0.4, 0.5) is 5.69 Å². The van der Waals surface area contributed by atoms with Crippen LogP contribution in [0.3, 0.4) is 0 Å². The molecule has 6 nitrogen and oxygen atoms in total. The van der Waals surface area contributed by atoms with E-state index in [1.807, 2.05) is 25.9 Å². The van der Waals surface area contributed by atoms with Crippen LogP contribution in [-0.4, -0.2) is 41.3 Å². The minimum Gasteiger partial charge on any atom is -0.464 e. The first kappa shape index (κ1) is 18.7. The zero-order valence-corrected chi connectivity index (χ0v) is 15.4. The van der Waals surface area contributed by atoms with E-state index >= 15 is 0 Å². The Morgan fingerprint density at radius 2 is 1.56 bits per heavy atom. The topological polar surface area (TPSA) is 76.0 Å². The number of methoxy groups -OCH3 is 1. The Morgan fingerprint density at radius 1 is 1.00 bits per heavy atom. The van der Waals surface area contributed by atoms with Crippen LogP contribution in [-0.2, 0) is 19.6 Å². The predicted molar refractivity (Wildman–Crippen MR) is 97.7 cm³/mol. The third kappa shape index (κ3) is 4.45. The van der Waals surface area contributed by atoms with Crippen molar-refractivity contribution in [2.24, 2.45) is 4.40 Å². The summed E-state index contributed by atoms with van der Waals surface area (Å²) in [6.45, 7) is 1.85. The second-order valence-corrected chi connectivity index (χ2v) is 7.27. The highest BCUT2D eigenvalue weighted by Gasteiger charge is 2.21. The van der Waals surface area contributed by atoms with Gasteiger partial charge in [-0.15, -0.1) is 0 Å². The molecule has 2 rings (SSSR count). The van der Waals surface area contributed by atoms with Crippen molar-refractivity contribution in [3.05, 3.63) is 59.7 Å². The Bertz CT molecular complexity index is 884. The quantitative estimate of drug-likeness (QED) is 0.604. The molecule has 2 aromatic rings. The van der Waals surface area contributed by atoms with Crippen LogP contribution in [0.1, 0.15) is 11.1 Å². The van der Waals surface area contributed by atoms with Gasteiger partial charge in [-0.25, -0.2) is 4.79 Å². The van der Waals surface area contributed by atoms with E-state index in [0.717, 1.165) is 11.3 Å². The number of hydrogen-bond donors (Lipinski definition) is 0. The maximum absolute atomic E-state index is 12.5. The monoisotopic (exact) mass is 360 g/mol. The van der Waals surface area contributed by atoms with E-state index in [1.54, 1.807) is 36.4 Å². The fourth-order valence-corrected chi connectivity index (χ4v) is 3.11. The Kier molecular flexibility index (Phi) is 5.58. The zero-order chi connectivity index (χ0) is 18.6. The van der Waals surface area contributed by atoms with Crippen molar-refractivity contribution in [2.45, 2.75) is 11.8 Å². The minimum atomic E-state index is -4.03. The van der Waals surface area contributed by atoms with Crippen molar-refractivity contribution in [1.29, 1.82) is 0 Å². The lowest BCUT2D eigenvalue weighted by molar-refractivity contribution is -0.132. The van der Waals surface area contributed by atoms with Gasteiger partial charge in [0, 0.05) is 25.3 Å². The molecular formula is C18H20N2O4S. The van der Waals surface area contributed by atoms with Crippen LogP contribution < -0.4 is 4.90 Å². The van der Waals surface area contributed by atoms with Crippen LogP contribution >= 0.6 is 0 Å².